The Bertz CT molecular complexity index is 767. The molecule has 0 aromatic heterocycles. The van der Waals surface area contributed by atoms with Crippen LogP contribution in [-0.2, 0) is 6.42 Å². The summed E-state index contributed by atoms with van der Waals surface area (Å²) < 4.78 is 12.4. The lowest BCUT2D eigenvalue weighted by Gasteiger charge is -2.38. The third-order valence-electron chi connectivity index (χ3n) is 8.13. The lowest BCUT2D eigenvalue weighted by molar-refractivity contribution is -0.00201. The van der Waals surface area contributed by atoms with Gasteiger partial charge in [-0.3, -0.25) is 0 Å². The standard InChI is InChI=1S/C31H54O3/c1-21(2)13-10-14-22(3)15-11-16-23(4)17-12-19-31(9)20-18-28-26(7)29(33-27(8)32)24(5)25(6)30(28)34-31/h21-23,27,32H,10-20H2,1-9H3. The van der Waals surface area contributed by atoms with Crippen LogP contribution in [0.1, 0.15) is 128 Å². The molecular weight excluding hydrogens is 420 g/mol. The zero-order chi connectivity index (χ0) is 25.5. The van der Waals surface area contributed by atoms with Crippen LogP contribution in [0.4, 0.5) is 0 Å². The van der Waals surface area contributed by atoms with Crippen molar-refractivity contribution < 1.29 is 14.6 Å². The van der Waals surface area contributed by atoms with E-state index in [-0.39, 0.29) is 5.60 Å². The summed E-state index contributed by atoms with van der Waals surface area (Å²) in [6, 6.07) is 0. The van der Waals surface area contributed by atoms with E-state index in [0.29, 0.717) is 0 Å². The van der Waals surface area contributed by atoms with Crippen molar-refractivity contribution in [2.75, 3.05) is 0 Å². The molecule has 0 saturated heterocycles. The maximum absolute atomic E-state index is 9.75. The van der Waals surface area contributed by atoms with Crippen molar-refractivity contribution in [2.24, 2.45) is 17.8 Å². The van der Waals surface area contributed by atoms with Crippen molar-refractivity contribution >= 4 is 0 Å². The molecule has 4 atom stereocenters. The Morgan fingerprint density at radius 1 is 0.824 bits per heavy atom. The summed E-state index contributed by atoms with van der Waals surface area (Å²) in [7, 11) is 0. The van der Waals surface area contributed by atoms with Crippen LogP contribution in [-0.4, -0.2) is 17.0 Å². The van der Waals surface area contributed by atoms with E-state index in [1.54, 1.807) is 6.92 Å². The van der Waals surface area contributed by atoms with E-state index in [1.165, 1.54) is 56.9 Å². The molecule has 0 amide bonds. The number of fused-ring (bicyclic) bond motifs is 1. The van der Waals surface area contributed by atoms with Crippen LogP contribution >= 0.6 is 0 Å². The van der Waals surface area contributed by atoms with E-state index < -0.39 is 6.29 Å². The van der Waals surface area contributed by atoms with Crippen molar-refractivity contribution in [1.29, 1.82) is 0 Å². The Labute approximate surface area is 211 Å². The molecule has 1 heterocycles. The molecule has 196 valence electrons. The molecule has 2 rings (SSSR count). The summed E-state index contributed by atoms with van der Waals surface area (Å²) in [6.45, 7) is 19.8. The summed E-state index contributed by atoms with van der Waals surface area (Å²) in [4.78, 5) is 0. The molecule has 0 aliphatic carbocycles. The molecular formula is C31H54O3. The first-order valence-electron chi connectivity index (χ1n) is 14.1. The molecule has 0 spiro atoms. The first-order chi connectivity index (χ1) is 15.9. The van der Waals surface area contributed by atoms with Gasteiger partial charge in [0, 0.05) is 5.56 Å². The van der Waals surface area contributed by atoms with Gasteiger partial charge < -0.3 is 14.6 Å². The molecule has 0 radical (unpaired) electrons. The van der Waals surface area contributed by atoms with Gasteiger partial charge in [-0.15, -0.1) is 0 Å². The fourth-order valence-electron chi connectivity index (χ4n) is 5.61. The maximum Gasteiger partial charge on any atom is 0.194 e. The minimum absolute atomic E-state index is 0.0894. The van der Waals surface area contributed by atoms with Gasteiger partial charge in [0.2, 0.25) is 0 Å². The molecule has 3 nitrogen and oxygen atoms in total. The van der Waals surface area contributed by atoms with E-state index in [1.807, 2.05) is 0 Å². The Balaban J connectivity index is 1.82. The number of rotatable bonds is 14. The fourth-order valence-corrected chi connectivity index (χ4v) is 5.61. The van der Waals surface area contributed by atoms with Crippen LogP contribution in [0.2, 0.25) is 0 Å². The highest BCUT2D eigenvalue weighted by Gasteiger charge is 2.34. The second-order valence-electron chi connectivity index (χ2n) is 12.1. The van der Waals surface area contributed by atoms with E-state index in [0.717, 1.165) is 65.2 Å². The number of hydrogen-bond acceptors (Lipinski definition) is 3. The van der Waals surface area contributed by atoms with Crippen molar-refractivity contribution in [1.82, 2.24) is 0 Å². The van der Waals surface area contributed by atoms with Gasteiger partial charge in [-0.05, 0) is 94.7 Å². The average Bonchev–Trinajstić information content (AvgIpc) is 2.74. The van der Waals surface area contributed by atoms with Gasteiger partial charge in [0.05, 0.1) is 0 Å². The molecule has 1 N–H and O–H groups in total. The van der Waals surface area contributed by atoms with Crippen LogP contribution in [0, 0.1) is 38.5 Å². The van der Waals surface area contributed by atoms with Crippen molar-refractivity contribution in [3.63, 3.8) is 0 Å². The Morgan fingerprint density at radius 3 is 1.94 bits per heavy atom. The lowest BCUT2D eigenvalue weighted by Crippen LogP contribution is -2.37. The van der Waals surface area contributed by atoms with Crippen LogP contribution in [0.3, 0.4) is 0 Å². The smallest absolute Gasteiger partial charge is 0.194 e. The number of aliphatic hydroxyl groups excluding tert-OH is 1. The second-order valence-corrected chi connectivity index (χ2v) is 12.1. The quantitative estimate of drug-likeness (QED) is 0.274. The van der Waals surface area contributed by atoms with Gasteiger partial charge in [-0.2, -0.15) is 0 Å². The summed E-state index contributed by atoms with van der Waals surface area (Å²) in [5.41, 5.74) is 4.51. The zero-order valence-electron chi connectivity index (χ0n) is 23.9. The van der Waals surface area contributed by atoms with E-state index in [4.69, 9.17) is 9.47 Å². The van der Waals surface area contributed by atoms with Crippen molar-refractivity contribution in [3.8, 4) is 11.5 Å². The number of aliphatic hydroxyl groups is 1. The highest BCUT2D eigenvalue weighted by molar-refractivity contribution is 5.59. The van der Waals surface area contributed by atoms with Gasteiger partial charge >= 0.3 is 0 Å². The largest absolute Gasteiger partial charge is 0.487 e. The van der Waals surface area contributed by atoms with E-state index in [9.17, 15) is 5.11 Å². The van der Waals surface area contributed by atoms with Gasteiger partial charge in [0.25, 0.3) is 0 Å². The third kappa shape index (κ3) is 8.47. The summed E-state index contributed by atoms with van der Waals surface area (Å²) in [5, 5.41) is 9.75. The molecule has 1 aromatic rings. The fraction of sp³-hybridized carbons (Fsp3) is 0.806. The highest BCUT2D eigenvalue weighted by Crippen LogP contribution is 2.45. The lowest BCUT2D eigenvalue weighted by atomic mass is 9.83. The predicted octanol–water partition coefficient (Wildman–Crippen LogP) is 8.85. The van der Waals surface area contributed by atoms with Crippen LogP contribution in [0.25, 0.3) is 0 Å². The van der Waals surface area contributed by atoms with Crippen molar-refractivity contribution in [2.45, 2.75) is 145 Å². The summed E-state index contributed by atoms with van der Waals surface area (Å²) in [6.07, 6.45) is 13.2. The average molecular weight is 475 g/mol. The molecule has 1 aliphatic heterocycles. The van der Waals surface area contributed by atoms with Gasteiger partial charge in [0.15, 0.2) is 6.29 Å². The Hall–Kier alpha value is -1.22. The zero-order valence-corrected chi connectivity index (χ0v) is 23.9. The minimum atomic E-state index is -0.806. The molecule has 3 heteroatoms. The van der Waals surface area contributed by atoms with E-state index >= 15 is 0 Å². The number of ether oxygens (including phenoxy) is 2. The number of benzene rings is 1. The monoisotopic (exact) mass is 474 g/mol. The van der Waals surface area contributed by atoms with Crippen LogP contribution in [0.15, 0.2) is 0 Å². The Kier molecular flexibility index (Phi) is 11.3. The molecule has 1 aromatic carbocycles. The topological polar surface area (TPSA) is 38.7 Å². The predicted molar refractivity (Wildman–Crippen MR) is 145 cm³/mol. The third-order valence-corrected chi connectivity index (χ3v) is 8.13. The molecule has 0 fully saturated rings. The maximum atomic E-state index is 9.75. The first-order valence-corrected chi connectivity index (χ1v) is 14.1. The number of hydrogen-bond donors (Lipinski definition) is 1. The highest BCUT2D eigenvalue weighted by atomic mass is 16.6. The van der Waals surface area contributed by atoms with Crippen LogP contribution < -0.4 is 9.47 Å². The van der Waals surface area contributed by atoms with Gasteiger partial charge in [-0.1, -0.05) is 72.6 Å². The SMILES string of the molecule is Cc1c(C)c2c(c(C)c1OC(C)O)CCC(C)(CCCC(C)CCCC(C)CCCC(C)C)O2. The first kappa shape index (κ1) is 29.0. The Morgan fingerprint density at radius 2 is 1.38 bits per heavy atom. The molecule has 1 aliphatic rings. The normalized spacial score (nSPS) is 20.6. The molecule has 34 heavy (non-hydrogen) atoms. The summed E-state index contributed by atoms with van der Waals surface area (Å²) >= 11 is 0. The molecule has 0 saturated carbocycles. The summed E-state index contributed by atoms with van der Waals surface area (Å²) in [5.74, 6) is 4.40. The second kappa shape index (κ2) is 13.2. The minimum Gasteiger partial charge on any atom is -0.487 e. The molecule has 0 bridgehead atoms. The van der Waals surface area contributed by atoms with Gasteiger partial charge in [0.1, 0.15) is 17.1 Å². The van der Waals surface area contributed by atoms with E-state index in [2.05, 4.69) is 55.4 Å². The molecule has 4 unspecified atom stereocenters. The van der Waals surface area contributed by atoms with Crippen molar-refractivity contribution in [3.05, 3.63) is 22.3 Å². The van der Waals surface area contributed by atoms with Crippen LogP contribution in [0.5, 0.6) is 11.5 Å². The van der Waals surface area contributed by atoms with Gasteiger partial charge in [-0.25, -0.2) is 0 Å².